The van der Waals surface area contributed by atoms with Crippen molar-refractivity contribution < 1.29 is 131 Å². The first kappa shape index (κ1) is 81.0. The molecule has 0 bridgehead atoms. The minimum atomic E-state index is -0.269. The van der Waals surface area contributed by atoms with Crippen molar-refractivity contribution in [3.63, 3.8) is 0 Å². The third-order valence-corrected chi connectivity index (χ3v) is 16.9. The minimum absolute atomic E-state index is 0. The van der Waals surface area contributed by atoms with Crippen molar-refractivity contribution in [2.24, 2.45) is 0 Å². The van der Waals surface area contributed by atoms with Crippen molar-refractivity contribution in [3.05, 3.63) is 393 Å². The fourth-order valence-corrected chi connectivity index (χ4v) is 12.1. The van der Waals surface area contributed by atoms with Crippen molar-refractivity contribution >= 4 is 32.3 Å². The molecule has 1 aliphatic rings. The maximum absolute atomic E-state index is 3.13. The number of benzene rings is 14. The van der Waals surface area contributed by atoms with E-state index in [-0.39, 0.29) is 136 Å². The van der Waals surface area contributed by atoms with Gasteiger partial charge >= 0.3 is 0 Å². The van der Waals surface area contributed by atoms with Crippen LogP contribution in [0, 0.1) is 79.7 Å². The first-order valence-corrected chi connectivity index (χ1v) is 32.6. The molecule has 1 aliphatic carbocycles. The van der Waals surface area contributed by atoms with Crippen LogP contribution in [0.15, 0.2) is 291 Å². The molecule has 470 valence electrons. The van der Waals surface area contributed by atoms with Crippen LogP contribution in [-0.4, -0.2) is 0 Å². The zero-order chi connectivity index (χ0) is 65.0. The van der Waals surface area contributed by atoms with Gasteiger partial charge in [-0.25, -0.2) is 0 Å². The fourth-order valence-electron chi connectivity index (χ4n) is 12.1. The summed E-state index contributed by atoms with van der Waals surface area (Å²) in [7, 11) is 0. The van der Waals surface area contributed by atoms with Gasteiger partial charge in [0.1, 0.15) is 0 Å². The summed E-state index contributed by atoms with van der Waals surface area (Å²) in [5.74, 6) is 0. The Morgan fingerprint density at radius 3 is 0.865 bits per heavy atom. The third-order valence-electron chi connectivity index (χ3n) is 16.9. The fraction of sp³-hybridized carbons (Fsp3) is 0.152. The number of hydrogen-bond acceptors (Lipinski definition) is 0. The summed E-state index contributed by atoms with van der Waals surface area (Å²) in [6, 6.07) is 117. The van der Waals surface area contributed by atoms with Gasteiger partial charge in [-0.05, 0) is 147 Å². The van der Waals surface area contributed by atoms with Gasteiger partial charge in [-0.1, -0.05) is 331 Å². The predicted octanol–water partition coefficient (Wildman–Crippen LogP) is 24.9. The van der Waals surface area contributed by atoms with E-state index in [2.05, 4.69) is 333 Å². The molecule has 14 aromatic carbocycles. The predicted molar refractivity (Wildman–Crippen MR) is 398 cm³/mol. The van der Waals surface area contributed by atoms with Crippen LogP contribution in [0.4, 0.5) is 0 Å². The van der Waals surface area contributed by atoms with Crippen LogP contribution in [0.5, 0.6) is 0 Å². The summed E-state index contributed by atoms with van der Waals surface area (Å²) >= 11 is 0. The van der Waals surface area contributed by atoms with E-state index >= 15 is 0 Å². The number of fused-ring (bicyclic) bond motifs is 6. The molecule has 0 saturated heterocycles. The first-order chi connectivity index (χ1) is 44.9. The second-order valence-corrected chi connectivity index (χ2v) is 23.3. The standard InChI is InChI=1S/C27H22.C22H18.C15H16.C14H10.C10H8.2C2H6.4Y/c1-19-11-15-21(16-12-19)27(22-17-13-20(2)14-18-22)25-9-5-3-7-23(25)24-8-4-6-10-26(24)27;1-15-11-13-17-7-3-5-9-19(17)21(15)22-16(2)12-14-18-8-4-6-10-20(18)22;1-12-3-7-14(8-4-12)11-15-9-5-13(2)6-10-15;1-11-3-7-13(8-4-11)14-9-5-12(2)6-10-14;1-2-6-10-8-4-3-7-9(10)5-1;2*1-2;;;;/h3-18H,1-2H3;3-14H,1-2H3;3-10H,11H2,1-2H3;7-10H,1-2H3;1-8H;2*1-2H3;;;;/q;;;-4;;;;;;;. The molecule has 0 fully saturated rings. The summed E-state index contributed by atoms with van der Waals surface area (Å²) in [6.07, 6.45) is 1.03. The quantitative estimate of drug-likeness (QED) is 0.146. The topological polar surface area (TPSA) is 0 Å². The van der Waals surface area contributed by atoms with Crippen LogP contribution in [-0.2, 0) is 143 Å². The van der Waals surface area contributed by atoms with Gasteiger partial charge in [0.05, 0.1) is 5.41 Å². The average Bonchev–Trinajstić information content (AvgIpc) is 1.53. The third kappa shape index (κ3) is 20.2. The Bertz CT molecular complexity index is 4300. The van der Waals surface area contributed by atoms with E-state index in [1.807, 2.05) is 65.8 Å². The Morgan fingerprint density at radius 2 is 0.542 bits per heavy atom. The van der Waals surface area contributed by atoms with E-state index < -0.39 is 0 Å². The normalized spacial score (nSPS) is 10.7. The Hall–Kier alpha value is -5.72. The Kier molecular flexibility index (Phi) is 34.0. The van der Waals surface area contributed by atoms with Gasteiger partial charge in [-0.2, -0.15) is 0 Å². The van der Waals surface area contributed by atoms with Gasteiger partial charge in [0.25, 0.3) is 0 Å². The molecule has 0 spiro atoms. The van der Waals surface area contributed by atoms with Gasteiger partial charge in [-0.15, -0.1) is 0 Å². The summed E-state index contributed by atoms with van der Waals surface area (Å²) in [4.78, 5) is 0. The molecule has 0 aromatic heterocycles. The summed E-state index contributed by atoms with van der Waals surface area (Å²) in [5.41, 5.74) is 25.5. The maximum atomic E-state index is 3.13. The zero-order valence-electron chi connectivity index (χ0n) is 58.2. The first-order valence-electron chi connectivity index (χ1n) is 32.6. The Balaban J connectivity index is 0.000000219. The molecule has 15 rings (SSSR count). The van der Waals surface area contributed by atoms with Gasteiger partial charge in [0, 0.05) is 131 Å². The van der Waals surface area contributed by atoms with Gasteiger partial charge in [0.15, 0.2) is 0 Å². The Labute approximate surface area is 676 Å². The molecule has 0 heterocycles. The molecule has 0 amide bonds. The van der Waals surface area contributed by atoms with E-state index in [4.69, 9.17) is 0 Å². The van der Waals surface area contributed by atoms with Gasteiger partial charge in [0.2, 0.25) is 0 Å². The van der Waals surface area contributed by atoms with Crippen molar-refractivity contribution in [3.8, 4) is 33.4 Å². The molecule has 14 aromatic rings. The van der Waals surface area contributed by atoms with Crippen LogP contribution >= 0.6 is 0 Å². The summed E-state index contributed by atoms with van der Waals surface area (Å²) < 4.78 is 0. The van der Waals surface area contributed by atoms with Crippen molar-refractivity contribution in [2.45, 2.75) is 94.9 Å². The minimum Gasteiger partial charge on any atom is -0.360 e. The van der Waals surface area contributed by atoms with Crippen LogP contribution in [0.25, 0.3) is 65.7 Å². The summed E-state index contributed by atoms with van der Waals surface area (Å²) in [6.45, 7) is 24.9. The van der Waals surface area contributed by atoms with Crippen molar-refractivity contribution in [1.29, 1.82) is 0 Å². The largest absolute Gasteiger partial charge is 0.360 e. The number of hydrogen-bond donors (Lipinski definition) is 0. The van der Waals surface area contributed by atoms with Crippen LogP contribution in [0.3, 0.4) is 0 Å². The van der Waals surface area contributed by atoms with Crippen LogP contribution in [0.2, 0.25) is 0 Å². The molecule has 0 N–H and O–H groups in total. The average molecular weight is 1550 g/mol. The molecule has 0 aliphatic heterocycles. The SMILES string of the molecule is CC.CC.Cc1[c-]cc(-c2c[c-]c(C)[c-]c2)c[c-]1.Cc1ccc(C2(c3ccc(C)cc3)c3ccccc3-c3ccccc32)cc1.Cc1ccc(Cc2ccc(C)cc2)cc1.Cc1ccc2ccccc2c1-c1c(C)ccc2ccccc12.[Y].[Y].[Y].[Y].c1ccc2ccccc2c1. The molecular formula is C92H86Y4-4. The van der Waals surface area contributed by atoms with E-state index in [0.29, 0.717) is 0 Å². The maximum Gasteiger partial charge on any atom is 0.0713 e. The Morgan fingerprint density at radius 1 is 0.271 bits per heavy atom. The van der Waals surface area contributed by atoms with Gasteiger partial charge in [-0.3, -0.25) is 0 Å². The number of rotatable bonds is 6. The molecule has 0 atom stereocenters. The molecule has 0 saturated carbocycles. The van der Waals surface area contributed by atoms with Gasteiger partial charge < -0.3 is 70.8 Å². The molecule has 0 nitrogen and oxygen atoms in total. The second kappa shape index (κ2) is 40.4. The number of aryl methyl sites for hydroxylation is 8. The molecule has 4 radical (unpaired) electrons. The monoisotopic (exact) mass is 1550 g/mol. The molecule has 0 unspecified atom stereocenters. The molecule has 96 heavy (non-hydrogen) atoms. The van der Waals surface area contributed by atoms with Crippen molar-refractivity contribution in [2.75, 3.05) is 0 Å². The van der Waals surface area contributed by atoms with E-state index in [1.165, 1.54) is 121 Å². The smallest absolute Gasteiger partial charge is 0.0713 e. The molecule has 4 heteroatoms. The van der Waals surface area contributed by atoms with E-state index in [1.54, 1.807) is 0 Å². The second-order valence-electron chi connectivity index (χ2n) is 23.3. The van der Waals surface area contributed by atoms with E-state index in [9.17, 15) is 0 Å². The van der Waals surface area contributed by atoms with E-state index in [0.717, 1.165) is 28.7 Å². The van der Waals surface area contributed by atoms with Crippen molar-refractivity contribution in [1.82, 2.24) is 0 Å². The zero-order valence-corrected chi connectivity index (χ0v) is 69.6. The summed E-state index contributed by atoms with van der Waals surface area (Å²) in [5, 5.41) is 7.89. The van der Waals surface area contributed by atoms with Crippen LogP contribution in [0.1, 0.15) is 106 Å². The van der Waals surface area contributed by atoms with Crippen LogP contribution < -0.4 is 0 Å². The molecular weight excluding hydrogens is 1460 g/mol.